The summed E-state index contributed by atoms with van der Waals surface area (Å²) in [4.78, 5) is 37.6. The van der Waals surface area contributed by atoms with Gasteiger partial charge in [0.05, 0.1) is 27.8 Å². The SMILES string of the molecule is COC(=O)C[C@H](c1cc(OC)c(OC(C)=O)c(OC)c1)c1c(O)cc(O)c2c(=O)c(O)c(-c3ccc(O)c(O)c3)oc12. The van der Waals surface area contributed by atoms with Gasteiger partial charge in [-0.1, -0.05) is 0 Å². The van der Waals surface area contributed by atoms with Gasteiger partial charge in [0.1, 0.15) is 22.5 Å². The predicted octanol–water partition coefficient (Wildman–Crippen LogP) is 3.63. The molecule has 1 aromatic heterocycles. The van der Waals surface area contributed by atoms with Crippen LogP contribution in [0.2, 0.25) is 0 Å². The van der Waals surface area contributed by atoms with E-state index in [1.54, 1.807) is 0 Å². The monoisotopic (exact) mass is 582 g/mol. The Morgan fingerprint density at radius 2 is 1.50 bits per heavy atom. The van der Waals surface area contributed by atoms with Gasteiger partial charge in [0.2, 0.25) is 16.9 Å². The number of aromatic hydroxyl groups is 5. The van der Waals surface area contributed by atoms with Crippen LogP contribution in [-0.4, -0.2) is 58.8 Å². The number of benzene rings is 3. The molecule has 13 heteroatoms. The highest BCUT2D eigenvalue weighted by Gasteiger charge is 2.31. The lowest BCUT2D eigenvalue weighted by atomic mass is 9.86. The van der Waals surface area contributed by atoms with Crippen LogP contribution < -0.4 is 19.6 Å². The zero-order valence-corrected chi connectivity index (χ0v) is 22.8. The van der Waals surface area contributed by atoms with Crippen molar-refractivity contribution in [3.8, 4) is 57.3 Å². The highest BCUT2D eigenvalue weighted by Crippen LogP contribution is 2.48. The molecular weight excluding hydrogens is 556 g/mol. The van der Waals surface area contributed by atoms with Gasteiger partial charge < -0.3 is 48.9 Å². The molecule has 1 atom stereocenters. The summed E-state index contributed by atoms with van der Waals surface area (Å²) in [7, 11) is 3.75. The molecule has 0 amide bonds. The van der Waals surface area contributed by atoms with Crippen molar-refractivity contribution in [3.63, 3.8) is 0 Å². The maximum Gasteiger partial charge on any atom is 0.308 e. The third-order valence-electron chi connectivity index (χ3n) is 6.45. The maximum atomic E-state index is 13.3. The second kappa shape index (κ2) is 11.5. The van der Waals surface area contributed by atoms with E-state index in [0.29, 0.717) is 0 Å². The van der Waals surface area contributed by atoms with E-state index in [1.807, 2.05) is 0 Å². The number of carbonyl (C=O) groups is 2. The summed E-state index contributed by atoms with van der Waals surface area (Å²) < 4.78 is 26.8. The molecule has 42 heavy (non-hydrogen) atoms. The number of phenols is 4. The molecule has 5 N–H and O–H groups in total. The Morgan fingerprint density at radius 1 is 0.857 bits per heavy atom. The first-order chi connectivity index (χ1) is 19.9. The summed E-state index contributed by atoms with van der Waals surface area (Å²) in [6, 6.07) is 7.03. The molecule has 4 rings (SSSR count). The number of ether oxygens (including phenoxy) is 4. The molecule has 0 fully saturated rings. The number of hydrogen-bond acceptors (Lipinski definition) is 13. The minimum Gasteiger partial charge on any atom is -0.507 e. The third-order valence-corrected chi connectivity index (χ3v) is 6.45. The Bertz CT molecular complexity index is 1750. The van der Waals surface area contributed by atoms with Crippen LogP contribution in [0, 0.1) is 0 Å². The maximum absolute atomic E-state index is 13.3. The molecule has 0 saturated carbocycles. The van der Waals surface area contributed by atoms with E-state index in [9.17, 15) is 39.9 Å². The normalized spacial score (nSPS) is 11.6. The fourth-order valence-electron chi connectivity index (χ4n) is 4.52. The molecule has 3 aromatic carbocycles. The zero-order valence-electron chi connectivity index (χ0n) is 22.8. The summed E-state index contributed by atoms with van der Waals surface area (Å²) in [6.45, 7) is 1.18. The molecule has 0 aliphatic rings. The van der Waals surface area contributed by atoms with Crippen LogP contribution in [0.3, 0.4) is 0 Å². The van der Waals surface area contributed by atoms with Crippen molar-refractivity contribution in [2.45, 2.75) is 19.3 Å². The smallest absolute Gasteiger partial charge is 0.308 e. The Kier molecular flexibility index (Phi) is 8.04. The number of esters is 2. The molecule has 0 aliphatic carbocycles. The topological polar surface area (TPSA) is 202 Å². The van der Waals surface area contributed by atoms with Crippen molar-refractivity contribution in [2.75, 3.05) is 21.3 Å². The summed E-state index contributed by atoms with van der Waals surface area (Å²) in [5.41, 5.74) is -1.46. The summed E-state index contributed by atoms with van der Waals surface area (Å²) in [6.07, 6.45) is -0.441. The Hall–Kier alpha value is -5.59. The van der Waals surface area contributed by atoms with E-state index >= 15 is 0 Å². The van der Waals surface area contributed by atoms with Crippen LogP contribution in [-0.2, 0) is 14.3 Å². The lowest BCUT2D eigenvalue weighted by molar-refractivity contribution is -0.140. The van der Waals surface area contributed by atoms with Crippen molar-refractivity contribution in [1.82, 2.24) is 0 Å². The molecule has 220 valence electrons. The van der Waals surface area contributed by atoms with E-state index < -0.39 is 75.2 Å². The summed E-state index contributed by atoms with van der Waals surface area (Å²) in [5.74, 6) is -6.36. The van der Waals surface area contributed by atoms with Crippen molar-refractivity contribution in [2.24, 2.45) is 0 Å². The van der Waals surface area contributed by atoms with Gasteiger partial charge in [0, 0.05) is 30.0 Å². The first kappa shape index (κ1) is 29.4. The molecule has 13 nitrogen and oxygen atoms in total. The predicted molar refractivity (Wildman–Crippen MR) is 146 cm³/mol. The van der Waals surface area contributed by atoms with Crippen LogP contribution in [0.25, 0.3) is 22.3 Å². The van der Waals surface area contributed by atoms with E-state index in [4.69, 9.17) is 23.4 Å². The van der Waals surface area contributed by atoms with Crippen LogP contribution in [0.1, 0.15) is 30.4 Å². The van der Waals surface area contributed by atoms with Gasteiger partial charge in [0.15, 0.2) is 28.8 Å². The fourth-order valence-corrected chi connectivity index (χ4v) is 4.52. The van der Waals surface area contributed by atoms with Crippen molar-refractivity contribution >= 4 is 22.9 Å². The average Bonchev–Trinajstić information content (AvgIpc) is 2.95. The molecule has 0 spiro atoms. The molecule has 4 aromatic rings. The molecule has 0 aliphatic heterocycles. The van der Waals surface area contributed by atoms with Gasteiger partial charge in [-0.3, -0.25) is 14.4 Å². The highest BCUT2D eigenvalue weighted by molar-refractivity contribution is 5.92. The number of methoxy groups -OCH3 is 3. The number of hydrogen-bond donors (Lipinski definition) is 5. The lowest BCUT2D eigenvalue weighted by Gasteiger charge is -2.22. The Morgan fingerprint density at radius 3 is 2.05 bits per heavy atom. The van der Waals surface area contributed by atoms with Gasteiger partial charge in [-0.25, -0.2) is 0 Å². The van der Waals surface area contributed by atoms with Gasteiger partial charge in [-0.2, -0.15) is 0 Å². The molecule has 0 unspecified atom stereocenters. The molecule has 1 heterocycles. The van der Waals surface area contributed by atoms with E-state index in [0.717, 1.165) is 25.3 Å². The van der Waals surface area contributed by atoms with Crippen LogP contribution >= 0.6 is 0 Å². The summed E-state index contributed by atoms with van der Waals surface area (Å²) in [5, 5.41) is 51.6. The minimum atomic E-state index is -1.16. The fraction of sp³-hybridized carbons (Fsp3) is 0.207. The quantitative estimate of drug-likeness (QED) is 0.115. The first-order valence-electron chi connectivity index (χ1n) is 12.2. The molecule has 0 radical (unpaired) electrons. The Balaban J connectivity index is 2.10. The Labute approximate surface area is 237 Å². The van der Waals surface area contributed by atoms with Crippen LogP contribution in [0.4, 0.5) is 0 Å². The van der Waals surface area contributed by atoms with E-state index in [-0.39, 0.29) is 33.9 Å². The zero-order chi connectivity index (χ0) is 30.9. The van der Waals surface area contributed by atoms with Crippen LogP contribution in [0.5, 0.6) is 46.0 Å². The minimum absolute atomic E-state index is 0.0244. The number of phenolic OH excluding ortho intramolecular Hbond substituents is 4. The van der Waals surface area contributed by atoms with E-state index in [1.165, 1.54) is 39.3 Å². The number of rotatable bonds is 8. The standard InChI is InChI=1S/C29H26O13/c1-12(30)41-28-20(38-2)8-14(9-21(28)39-3)15(10-22(35)40-4)23-18(33)11-19(34)24-25(36)26(37)27(42-29(23)24)13-5-6-16(31)17(32)7-13/h5-9,11,15,31-34,37H,10H2,1-4H3/t15-/m1/s1. The van der Waals surface area contributed by atoms with Crippen molar-refractivity contribution in [3.05, 3.63) is 57.7 Å². The van der Waals surface area contributed by atoms with Gasteiger partial charge in [-0.05, 0) is 35.9 Å². The molecule has 0 bridgehead atoms. The second-order valence-electron chi connectivity index (χ2n) is 9.03. The lowest BCUT2D eigenvalue weighted by Crippen LogP contribution is -2.13. The largest absolute Gasteiger partial charge is 0.507 e. The first-order valence-corrected chi connectivity index (χ1v) is 12.2. The van der Waals surface area contributed by atoms with Gasteiger partial charge >= 0.3 is 11.9 Å². The number of carbonyl (C=O) groups excluding carboxylic acids is 2. The second-order valence-corrected chi connectivity index (χ2v) is 9.03. The van der Waals surface area contributed by atoms with Gasteiger partial charge in [0.25, 0.3) is 0 Å². The number of fused-ring (bicyclic) bond motifs is 1. The molecular formula is C29H26O13. The van der Waals surface area contributed by atoms with Crippen molar-refractivity contribution < 1.29 is 58.5 Å². The third kappa shape index (κ3) is 5.27. The highest BCUT2D eigenvalue weighted by atomic mass is 16.6. The average molecular weight is 583 g/mol. The van der Waals surface area contributed by atoms with Crippen LogP contribution in [0.15, 0.2) is 45.6 Å². The van der Waals surface area contributed by atoms with Gasteiger partial charge in [-0.15, -0.1) is 0 Å². The summed E-state index contributed by atoms with van der Waals surface area (Å²) >= 11 is 0. The van der Waals surface area contributed by atoms with E-state index in [2.05, 4.69) is 0 Å². The van der Waals surface area contributed by atoms with Crippen molar-refractivity contribution in [1.29, 1.82) is 0 Å². The molecule has 0 saturated heterocycles.